The summed E-state index contributed by atoms with van der Waals surface area (Å²) in [6.45, 7) is -0.0414. The van der Waals surface area contributed by atoms with Crippen molar-refractivity contribution < 1.29 is 9.53 Å². The average molecular weight is 308 g/mol. The van der Waals surface area contributed by atoms with E-state index in [-0.39, 0.29) is 12.5 Å². The lowest BCUT2D eigenvalue weighted by atomic mass is 9.96. The number of amides is 1. The zero-order valence-electron chi connectivity index (χ0n) is 12.9. The first-order chi connectivity index (χ1) is 11.3. The number of hydrazone groups is 1. The summed E-state index contributed by atoms with van der Waals surface area (Å²) in [6.07, 6.45) is 9.31. The summed E-state index contributed by atoms with van der Waals surface area (Å²) >= 11 is 0. The smallest absolute Gasteiger partial charge is 0.277 e. The molecule has 23 heavy (non-hydrogen) atoms. The Hall–Kier alpha value is -2.62. The highest BCUT2D eigenvalue weighted by molar-refractivity contribution is 5.84. The van der Waals surface area contributed by atoms with Crippen LogP contribution in [-0.2, 0) is 4.79 Å². The molecule has 0 aromatic heterocycles. The summed E-state index contributed by atoms with van der Waals surface area (Å²) in [5, 5.41) is 6.26. The number of benzene rings is 2. The van der Waals surface area contributed by atoms with Gasteiger partial charge in [-0.3, -0.25) is 4.79 Å². The van der Waals surface area contributed by atoms with Gasteiger partial charge in [-0.05, 0) is 48.1 Å². The molecule has 0 saturated carbocycles. The zero-order valence-corrected chi connectivity index (χ0v) is 12.9. The predicted octanol–water partition coefficient (Wildman–Crippen LogP) is 3.68. The second-order valence-corrected chi connectivity index (χ2v) is 5.66. The van der Waals surface area contributed by atoms with E-state index >= 15 is 0 Å². The molecule has 4 heteroatoms. The Kier molecular flexibility index (Phi) is 5.04. The molecule has 118 valence electrons. The Morgan fingerprint density at radius 1 is 1.22 bits per heavy atom. The van der Waals surface area contributed by atoms with Crippen molar-refractivity contribution in [2.75, 3.05) is 6.61 Å². The number of fused-ring (bicyclic) bond motifs is 1. The van der Waals surface area contributed by atoms with Gasteiger partial charge < -0.3 is 4.74 Å². The SMILES string of the molecule is O=C(COc1ccc2ccccc2c1)NN=C[C@H]1CC=CCC1. The van der Waals surface area contributed by atoms with Crippen molar-refractivity contribution in [2.45, 2.75) is 19.3 Å². The van der Waals surface area contributed by atoms with Crippen LogP contribution < -0.4 is 10.2 Å². The van der Waals surface area contributed by atoms with E-state index in [0.717, 1.165) is 30.0 Å². The molecule has 3 rings (SSSR count). The highest BCUT2D eigenvalue weighted by Crippen LogP contribution is 2.20. The van der Waals surface area contributed by atoms with Gasteiger partial charge in [-0.25, -0.2) is 5.43 Å². The quantitative estimate of drug-likeness (QED) is 0.520. The van der Waals surface area contributed by atoms with Crippen molar-refractivity contribution in [1.29, 1.82) is 0 Å². The standard InChI is InChI=1S/C19H20N2O2/c22-19(21-20-13-15-6-2-1-3-7-15)14-23-18-11-10-16-8-4-5-9-17(16)12-18/h1-2,4-5,8-13,15H,3,6-7,14H2,(H,21,22)/t15-/m0/s1. The van der Waals surface area contributed by atoms with E-state index in [1.165, 1.54) is 0 Å². The molecule has 0 unspecified atom stereocenters. The first-order valence-corrected chi connectivity index (χ1v) is 7.90. The molecule has 1 aliphatic carbocycles. The third kappa shape index (κ3) is 4.42. The minimum absolute atomic E-state index is 0.0414. The van der Waals surface area contributed by atoms with Gasteiger partial charge in [0.05, 0.1) is 0 Å². The minimum atomic E-state index is -0.249. The van der Waals surface area contributed by atoms with Crippen molar-refractivity contribution in [3.05, 3.63) is 54.6 Å². The lowest BCUT2D eigenvalue weighted by Crippen LogP contribution is -2.25. The topological polar surface area (TPSA) is 50.7 Å². The summed E-state index contributed by atoms with van der Waals surface area (Å²) in [5.41, 5.74) is 2.52. The number of nitrogens with zero attached hydrogens (tertiary/aromatic N) is 1. The maximum Gasteiger partial charge on any atom is 0.277 e. The van der Waals surface area contributed by atoms with Crippen molar-refractivity contribution in [2.24, 2.45) is 11.0 Å². The maximum atomic E-state index is 11.8. The molecule has 2 aromatic rings. The molecule has 0 saturated heterocycles. The van der Waals surface area contributed by atoms with E-state index in [1.807, 2.05) is 48.7 Å². The summed E-state index contributed by atoms with van der Waals surface area (Å²) in [4.78, 5) is 11.8. The first kappa shape index (κ1) is 15.3. The molecule has 0 radical (unpaired) electrons. The third-order valence-electron chi connectivity index (χ3n) is 3.88. The van der Waals surface area contributed by atoms with Gasteiger partial charge in [0.2, 0.25) is 0 Å². The summed E-state index contributed by atoms with van der Waals surface area (Å²) < 4.78 is 5.52. The van der Waals surface area contributed by atoms with Crippen molar-refractivity contribution in [1.82, 2.24) is 5.43 Å². The summed E-state index contributed by atoms with van der Waals surface area (Å²) in [7, 11) is 0. The van der Waals surface area contributed by atoms with Gasteiger partial charge in [-0.15, -0.1) is 0 Å². The molecule has 1 atom stereocenters. The maximum absolute atomic E-state index is 11.8. The largest absolute Gasteiger partial charge is 0.484 e. The number of ether oxygens (including phenoxy) is 1. The van der Waals surface area contributed by atoms with Crippen LogP contribution in [0.2, 0.25) is 0 Å². The molecule has 2 aromatic carbocycles. The van der Waals surface area contributed by atoms with Crippen LogP contribution in [0.3, 0.4) is 0 Å². The second kappa shape index (κ2) is 7.58. The van der Waals surface area contributed by atoms with Crippen LogP contribution in [0.1, 0.15) is 19.3 Å². The van der Waals surface area contributed by atoms with E-state index in [4.69, 9.17) is 4.74 Å². The van der Waals surface area contributed by atoms with Crippen LogP contribution >= 0.6 is 0 Å². The third-order valence-corrected chi connectivity index (χ3v) is 3.88. The Labute approximate surface area is 135 Å². The van der Waals surface area contributed by atoms with Crippen molar-refractivity contribution >= 4 is 22.9 Å². The van der Waals surface area contributed by atoms with Gasteiger partial charge in [-0.2, -0.15) is 5.10 Å². The molecule has 0 bridgehead atoms. The lowest BCUT2D eigenvalue weighted by Gasteiger charge is -2.11. The number of carbonyl (C=O) groups excluding carboxylic acids is 1. The van der Waals surface area contributed by atoms with Gasteiger partial charge in [0.1, 0.15) is 5.75 Å². The number of rotatable bonds is 5. The molecule has 1 N–H and O–H groups in total. The van der Waals surface area contributed by atoms with E-state index in [2.05, 4.69) is 22.7 Å². The normalized spacial score (nSPS) is 17.5. The number of allylic oxidation sites excluding steroid dienone is 2. The van der Waals surface area contributed by atoms with Crippen LogP contribution in [-0.4, -0.2) is 18.7 Å². The highest BCUT2D eigenvalue weighted by atomic mass is 16.5. The van der Waals surface area contributed by atoms with Crippen LogP contribution in [0.15, 0.2) is 59.7 Å². The van der Waals surface area contributed by atoms with Gasteiger partial charge in [0.25, 0.3) is 5.91 Å². The van der Waals surface area contributed by atoms with Crippen molar-refractivity contribution in [3.63, 3.8) is 0 Å². The minimum Gasteiger partial charge on any atom is -0.484 e. The Morgan fingerprint density at radius 3 is 2.91 bits per heavy atom. The molecule has 1 amide bonds. The van der Waals surface area contributed by atoms with Gasteiger partial charge >= 0.3 is 0 Å². The fourth-order valence-corrected chi connectivity index (χ4v) is 2.61. The Balaban J connectivity index is 1.47. The van der Waals surface area contributed by atoms with Gasteiger partial charge in [-0.1, -0.05) is 42.5 Å². The van der Waals surface area contributed by atoms with Crippen molar-refractivity contribution in [3.8, 4) is 5.75 Å². The number of hydrogen-bond donors (Lipinski definition) is 1. The molecule has 4 nitrogen and oxygen atoms in total. The van der Waals surface area contributed by atoms with E-state index in [0.29, 0.717) is 11.7 Å². The van der Waals surface area contributed by atoms with Crippen LogP contribution in [0.4, 0.5) is 0 Å². The van der Waals surface area contributed by atoms with E-state index in [1.54, 1.807) is 0 Å². The zero-order chi connectivity index (χ0) is 15.9. The molecule has 0 aliphatic heterocycles. The molecule has 0 spiro atoms. The summed E-state index contributed by atoms with van der Waals surface area (Å²) in [6, 6.07) is 13.8. The highest BCUT2D eigenvalue weighted by Gasteiger charge is 2.07. The van der Waals surface area contributed by atoms with E-state index < -0.39 is 0 Å². The van der Waals surface area contributed by atoms with Gasteiger partial charge in [0, 0.05) is 6.21 Å². The fourth-order valence-electron chi connectivity index (χ4n) is 2.61. The molecular weight excluding hydrogens is 288 g/mol. The number of hydrogen-bond acceptors (Lipinski definition) is 3. The predicted molar refractivity (Wildman–Crippen MR) is 92.6 cm³/mol. The van der Waals surface area contributed by atoms with Crippen LogP contribution in [0.25, 0.3) is 10.8 Å². The van der Waals surface area contributed by atoms with Crippen LogP contribution in [0.5, 0.6) is 5.75 Å². The molecular formula is C19H20N2O2. The second-order valence-electron chi connectivity index (χ2n) is 5.66. The average Bonchev–Trinajstić information content (AvgIpc) is 2.61. The molecule has 1 aliphatic rings. The number of nitrogens with one attached hydrogen (secondary N) is 1. The monoisotopic (exact) mass is 308 g/mol. The Bertz CT molecular complexity index is 737. The number of carbonyl (C=O) groups is 1. The molecule has 0 heterocycles. The molecule has 0 fully saturated rings. The Morgan fingerprint density at radius 2 is 2.09 bits per heavy atom. The van der Waals surface area contributed by atoms with Crippen LogP contribution in [0, 0.1) is 5.92 Å². The summed E-state index contributed by atoms with van der Waals surface area (Å²) in [5.74, 6) is 0.850. The first-order valence-electron chi connectivity index (χ1n) is 7.90. The lowest BCUT2D eigenvalue weighted by molar-refractivity contribution is -0.123. The van der Waals surface area contributed by atoms with Gasteiger partial charge in [0.15, 0.2) is 6.61 Å². The fraction of sp³-hybridized carbons (Fsp3) is 0.263. The van der Waals surface area contributed by atoms with E-state index in [9.17, 15) is 4.79 Å².